The predicted molar refractivity (Wildman–Crippen MR) is 127 cm³/mol. The lowest BCUT2D eigenvalue weighted by Gasteiger charge is -2.42. The quantitative estimate of drug-likeness (QED) is 0.708. The molecule has 5 rings (SSSR count). The fraction of sp³-hybridized carbons (Fsp3) is 0.481. The average molecular weight is 432 g/mol. The molecule has 1 saturated heterocycles. The molecule has 2 aliphatic heterocycles. The maximum Gasteiger partial charge on any atom is 0.254 e. The van der Waals surface area contributed by atoms with Gasteiger partial charge < -0.3 is 14.7 Å². The van der Waals surface area contributed by atoms with Gasteiger partial charge in [0.25, 0.3) is 5.91 Å². The van der Waals surface area contributed by atoms with Crippen molar-refractivity contribution in [1.82, 2.24) is 9.80 Å². The number of hydrogen-bond donors (Lipinski definition) is 0. The molecule has 0 aromatic heterocycles. The van der Waals surface area contributed by atoms with Gasteiger partial charge in [0, 0.05) is 56.9 Å². The van der Waals surface area contributed by atoms with E-state index in [0.29, 0.717) is 19.5 Å². The van der Waals surface area contributed by atoms with Crippen LogP contribution in [0.5, 0.6) is 0 Å². The van der Waals surface area contributed by atoms with Crippen molar-refractivity contribution in [1.29, 1.82) is 0 Å². The first-order valence-corrected chi connectivity index (χ1v) is 12.1. The smallest absolute Gasteiger partial charge is 0.254 e. The molecule has 0 bridgehead atoms. The topological polar surface area (TPSA) is 43.9 Å². The van der Waals surface area contributed by atoms with Gasteiger partial charge >= 0.3 is 0 Å². The molecular formula is C27H33N3O2. The Hall–Kier alpha value is -2.82. The number of carbonyl (C=O) groups is 2. The highest BCUT2D eigenvalue weighted by molar-refractivity contribution is 5.98. The van der Waals surface area contributed by atoms with Crippen molar-refractivity contribution in [2.45, 2.75) is 45.1 Å². The van der Waals surface area contributed by atoms with E-state index in [2.05, 4.69) is 40.1 Å². The summed E-state index contributed by atoms with van der Waals surface area (Å²) in [5.74, 6) is 0.401. The molecule has 1 aliphatic carbocycles. The third-order valence-corrected chi connectivity index (χ3v) is 7.62. The number of amides is 2. The van der Waals surface area contributed by atoms with Crippen molar-refractivity contribution in [3.05, 3.63) is 65.7 Å². The SMILES string of the molecule is O=C(CC1(CN2Cc3ccccc3C2=O)CCCCC1)N1CCN(c2ccccc2)CC1. The summed E-state index contributed by atoms with van der Waals surface area (Å²) in [6, 6.07) is 18.4. The summed E-state index contributed by atoms with van der Waals surface area (Å²) in [6.45, 7) is 4.69. The highest BCUT2D eigenvalue weighted by Crippen LogP contribution is 2.42. The Balaban J connectivity index is 1.23. The molecule has 1 saturated carbocycles. The molecule has 2 aromatic carbocycles. The predicted octanol–water partition coefficient (Wildman–Crippen LogP) is 4.33. The highest BCUT2D eigenvalue weighted by atomic mass is 16.2. The number of hydrogen-bond acceptors (Lipinski definition) is 3. The van der Waals surface area contributed by atoms with Gasteiger partial charge in [-0.1, -0.05) is 55.7 Å². The fourth-order valence-electron chi connectivity index (χ4n) is 5.83. The summed E-state index contributed by atoms with van der Waals surface area (Å²) >= 11 is 0. The Labute approximate surface area is 191 Å². The number of para-hydroxylation sites is 1. The van der Waals surface area contributed by atoms with Crippen molar-refractivity contribution in [3.63, 3.8) is 0 Å². The van der Waals surface area contributed by atoms with Gasteiger partial charge in [0.2, 0.25) is 5.91 Å². The van der Waals surface area contributed by atoms with E-state index in [9.17, 15) is 9.59 Å². The fourth-order valence-corrected chi connectivity index (χ4v) is 5.83. The van der Waals surface area contributed by atoms with Crippen LogP contribution in [0.3, 0.4) is 0 Å². The number of fused-ring (bicyclic) bond motifs is 1. The van der Waals surface area contributed by atoms with Crippen LogP contribution in [0.15, 0.2) is 54.6 Å². The Morgan fingerprint density at radius 3 is 2.25 bits per heavy atom. The normalized spacial score (nSPS) is 20.4. The van der Waals surface area contributed by atoms with E-state index in [-0.39, 0.29) is 17.2 Å². The number of carbonyl (C=O) groups excluding carboxylic acids is 2. The average Bonchev–Trinajstić information content (AvgIpc) is 3.15. The second-order valence-corrected chi connectivity index (χ2v) is 9.76. The zero-order valence-corrected chi connectivity index (χ0v) is 18.8. The minimum Gasteiger partial charge on any atom is -0.368 e. The van der Waals surface area contributed by atoms with Crippen LogP contribution in [0, 0.1) is 5.41 Å². The molecule has 3 aliphatic rings. The second kappa shape index (κ2) is 8.97. The summed E-state index contributed by atoms with van der Waals surface area (Å²) in [6.07, 6.45) is 6.21. The highest BCUT2D eigenvalue weighted by Gasteiger charge is 2.40. The van der Waals surface area contributed by atoms with Crippen LogP contribution in [0.1, 0.15) is 54.4 Å². The molecule has 0 radical (unpaired) electrons. The van der Waals surface area contributed by atoms with Gasteiger partial charge in [-0.25, -0.2) is 0 Å². The molecule has 2 aromatic rings. The third-order valence-electron chi connectivity index (χ3n) is 7.62. The number of benzene rings is 2. The maximum atomic E-state index is 13.4. The summed E-state index contributed by atoms with van der Waals surface area (Å²) in [4.78, 5) is 32.8. The van der Waals surface area contributed by atoms with E-state index in [0.717, 1.165) is 63.0 Å². The van der Waals surface area contributed by atoms with Crippen molar-refractivity contribution >= 4 is 17.5 Å². The van der Waals surface area contributed by atoms with E-state index in [1.165, 1.54) is 12.1 Å². The van der Waals surface area contributed by atoms with Gasteiger partial charge in [0.1, 0.15) is 0 Å². The molecule has 168 valence electrons. The third kappa shape index (κ3) is 4.25. The van der Waals surface area contributed by atoms with Gasteiger partial charge in [-0.05, 0) is 42.0 Å². The van der Waals surface area contributed by atoms with Crippen LogP contribution in [0.2, 0.25) is 0 Å². The number of piperazine rings is 1. The summed E-state index contributed by atoms with van der Waals surface area (Å²) < 4.78 is 0. The molecule has 0 N–H and O–H groups in total. The van der Waals surface area contributed by atoms with E-state index in [4.69, 9.17) is 0 Å². The second-order valence-electron chi connectivity index (χ2n) is 9.76. The van der Waals surface area contributed by atoms with E-state index in [1.807, 2.05) is 29.2 Å². The van der Waals surface area contributed by atoms with Gasteiger partial charge in [0.15, 0.2) is 0 Å². The first-order valence-electron chi connectivity index (χ1n) is 12.1. The van der Waals surface area contributed by atoms with E-state index < -0.39 is 0 Å². The van der Waals surface area contributed by atoms with Gasteiger partial charge in [-0.2, -0.15) is 0 Å². The number of nitrogens with zero attached hydrogens (tertiary/aromatic N) is 3. The van der Waals surface area contributed by atoms with E-state index in [1.54, 1.807) is 0 Å². The number of rotatable bonds is 5. The van der Waals surface area contributed by atoms with Crippen molar-refractivity contribution < 1.29 is 9.59 Å². The molecule has 0 atom stereocenters. The molecule has 5 nitrogen and oxygen atoms in total. The summed E-state index contributed by atoms with van der Waals surface area (Å²) in [7, 11) is 0. The Bertz CT molecular complexity index is 960. The van der Waals surface area contributed by atoms with Crippen molar-refractivity contribution in [2.75, 3.05) is 37.6 Å². The Morgan fingerprint density at radius 1 is 0.844 bits per heavy atom. The summed E-state index contributed by atoms with van der Waals surface area (Å²) in [5, 5.41) is 0. The van der Waals surface area contributed by atoms with E-state index >= 15 is 0 Å². The summed E-state index contributed by atoms with van der Waals surface area (Å²) in [5.41, 5.74) is 3.10. The zero-order valence-electron chi connectivity index (χ0n) is 18.8. The molecule has 2 amide bonds. The Kier molecular flexibility index (Phi) is 5.90. The van der Waals surface area contributed by atoms with Crippen LogP contribution < -0.4 is 4.90 Å². The monoisotopic (exact) mass is 431 g/mol. The molecule has 32 heavy (non-hydrogen) atoms. The minimum atomic E-state index is -0.0798. The molecule has 0 spiro atoms. The lowest BCUT2D eigenvalue weighted by molar-refractivity contribution is -0.135. The van der Waals surface area contributed by atoms with Crippen molar-refractivity contribution in [3.8, 4) is 0 Å². The minimum absolute atomic E-state index is 0.0798. The van der Waals surface area contributed by atoms with Crippen LogP contribution in [-0.2, 0) is 11.3 Å². The lowest BCUT2D eigenvalue weighted by atomic mass is 9.71. The molecule has 0 unspecified atom stereocenters. The first kappa shape index (κ1) is 21.0. The van der Waals surface area contributed by atoms with Crippen LogP contribution in [0.25, 0.3) is 0 Å². The molecule has 2 fully saturated rings. The lowest BCUT2D eigenvalue weighted by Crippen LogP contribution is -2.51. The maximum absolute atomic E-state index is 13.4. The Morgan fingerprint density at radius 2 is 1.53 bits per heavy atom. The largest absolute Gasteiger partial charge is 0.368 e. The zero-order chi connectivity index (χ0) is 22.0. The standard InChI is InChI=1S/C27H33N3O2/c31-25(29-17-15-28(16-18-29)23-10-3-1-4-11-23)19-27(13-7-2-8-14-27)21-30-20-22-9-5-6-12-24(22)26(30)32/h1,3-6,9-12H,2,7-8,13-21H2. The first-order chi connectivity index (χ1) is 15.6. The number of anilines is 1. The molecule has 2 heterocycles. The van der Waals surface area contributed by atoms with Gasteiger partial charge in [-0.3, -0.25) is 9.59 Å². The molecule has 5 heteroatoms. The van der Waals surface area contributed by atoms with Gasteiger partial charge in [-0.15, -0.1) is 0 Å². The van der Waals surface area contributed by atoms with Crippen LogP contribution >= 0.6 is 0 Å². The van der Waals surface area contributed by atoms with Crippen molar-refractivity contribution in [2.24, 2.45) is 5.41 Å². The van der Waals surface area contributed by atoms with Crippen LogP contribution in [0.4, 0.5) is 5.69 Å². The van der Waals surface area contributed by atoms with Crippen LogP contribution in [-0.4, -0.2) is 54.3 Å². The molecular weight excluding hydrogens is 398 g/mol. The van der Waals surface area contributed by atoms with Gasteiger partial charge in [0.05, 0.1) is 0 Å².